The van der Waals surface area contributed by atoms with Crippen molar-refractivity contribution < 1.29 is 14.3 Å². The molecule has 1 aliphatic heterocycles. The van der Waals surface area contributed by atoms with Crippen LogP contribution >= 0.6 is 0 Å². The number of nitrogens with zero attached hydrogens (tertiary/aromatic N) is 1. The van der Waals surface area contributed by atoms with E-state index in [9.17, 15) is 9.59 Å². The van der Waals surface area contributed by atoms with Crippen LogP contribution in [-0.2, 0) is 14.3 Å². The molecule has 2 saturated carbocycles. The summed E-state index contributed by atoms with van der Waals surface area (Å²) in [4.78, 5) is 27.7. The second-order valence-electron chi connectivity index (χ2n) is 6.90. The molecule has 1 spiro atoms. The molecular formula is C16H26N2O3. The minimum absolute atomic E-state index is 0.0616. The number of amides is 2. The first-order chi connectivity index (χ1) is 10.1. The molecule has 0 aromatic carbocycles. The summed E-state index contributed by atoms with van der Waals surface area (Å²) in [5.74, 6) is 0.584. The highest BCUT2D eigenvalue weighted by molar-refractivity contribution is 6.00. The van der Waals surface area contributed by atoms with Gasteiger partial charge in [0.1, 0.15) is 11.6 Å². The average molecular weight is 294 g/mol. The maximum atomic E-state index is 13.1. The van der Waals surface area contributed by atoms with Crippen molar-refractivity contribution in [3.63, 3.8) is 0 Å². The van der Waals surface area contributed by atoms with Crippen LogP contribution in [0, 0.1) is 5.92 Å². The van der Waals surface area contributed by atoms with Crippen LogP contribution in [0.3, 0.4) is 0 Å². The zero-order valence-corrected chi connectivity index (χ0v) is 13.1. The summed E-state index contributed by atoms with van der Waals surface area (Å²) in [6, 6.07) is -0.192. The Morgan fingerprint density at radius 1 is 1.33 bits per heavy atom. The van der Waals surface area contributed by atoms with Crippen LogP contribution in [0.2, 0.25) is 0 Å². The SMILES string of the molecule is COCCC(C)N1C(=O)C2(CCCC2)NC(=O)C1C1CC1. The average Bonchev–Trinajstić information content (AvgIpc) is 3.19. The van der Waals surface area contributed by atoms with Crippen molar-refractivity contribution in [2.75, 3.05) is 13.7 Å². The summed E-state index contributed by atoms with van der Waals surface area (Å²) in [5.41, 5.74) is -0.607. The van der Waals surface area contributed by atoms with Gasteiger partial charge in [0.2, 0.25) is 11.8 Å². The molecule has 0 aromatic rings. The van der Waals surface area contributed by atoms with Crippen LogP contribution < -0.4 is 5.32 Å². The molecular weight excluding hydrogens is 268 g/mol. The topological polar surface area (TPSA) is 58.6 Å². The van der Waals surface area contributed by atoms with E-state index in [0.717, 1.165) is 44.9 Å². The lowest BCUT2D eigenvalue weighted by atomic mass is 9.88. The van der Waals surface area contributed by atoms with Crippen molar-refractivity contribution in [3.8, 4) is 0 Å². The van der Waals surface area contributed by atoms with Gasteiger partial charge in [0.05, 0.1) is 0 Å². The Kier molecular flexibility index (Phi) is 3.95. The molecule has 0 bridgehead atoms. The molecule has 0 radical (unpaired) electrons. The van der Waals surface area contributed by atoms with Crippen molar-refractivity contribution in [2.24, 2.45) is 5.92 Å². The highest BCUT2D eigenvalue weighted by atomic mass is 16.5. The third kappa shape index (κ3) is 2.56. The van der Waals surface area contributed by atoms with Gasteiger partial charge in [0, 0.05) is 19.8 Å². The number of hydrogen-bond acceptors (Lipinski definition) is 3. The van der Waals surface area contributed by atoms with Gasteiger partial charge in [-0.05, 0) is 44.9 Å². The van der Waals surface area contributed by atoms with Gasteiger partial charge in [0.15, 0.2) is 0 Å². The summed E-state index contributed by atoms with van der Waals surface area (Å²) >= 11 is 0. The highest BCUT2D eigenvalue weighted by Gasteiger charge is 2.56. The first-order valence-electron chi connectivity index (χ1n) is 8.23. The lowest BCUT2D eigenvalue weighted by Gasteiger charge is -2.47. The van der Waals surface area contributed by atoms with Crippen LogP contribution in [0.15, 0.2) is 0 Å². The summed E-state index contributed by atoms with van der Waals surface area (Å²) < 4.78 is 5.16. The zero-order chi connectivity index (χ0) is 15.0. The van der Waals surface area contributed by atoms with E-state index in [1.807, 2.05) is 11.8 Å². The molecule has 3 fully saturated rings. The van der Waals surface area contributed by atoms with E-state index in [0.29, 0.717) is 12.5 Å². The van der Waals surface area contributed by atoms with Crippen molar-refractivity contribution in [3.05, 3.63) is 0 Å². The molecule has 1 heterocycles. The molecule has 2 aliphatic carbocycles. The van der Waals surface area contributed by atoms with Gasteiger partial charge in [-0.1, -0.05) is 12.8 Å². The minimum Gasteiger partial charge on any atom is -0.385 e. The Hall–Kier alpha value is -1.10. The van der Waals surface area contributed by atoms with Gasteiger partial charge >= 0.3 is 0 Å². The number of carbonyl (C=O) groups is 2. The summed E-state index contributed by atoms with van der Waals surface area (Å²) in [6.45, 7) is 2.67. The second-order valence-corrected chi connectivity index (χ2v) is 6.90. The van der Waals surface area contributed by atoms with E-state index < -0.39 is 5.54 Å². The van der Waals surface area contributed by atoms with E-state index >= 15 is 0 Å². The fraction of sp³-hybridized carbons (Fsp3) is 0.875. The van der Waals surface area contributed by atoms with E-state index in [-0.39, 0.29) is 23.9 Å². The number of piperazine rings is 1. The fourth-order valence-corrected chi connectivity index (χ4v) is 3.94. The molecule has 118 valence electrons. The zero-order valence-electron chi connectivity index (χ0n) is 13.1. The molecule has 2 amide bonds. The van der Waals surface area contributed by atoms with Crippen LogP contribution in [0.25, 0.3) is 0 Å². The van der Waals surface area contributed by atoms with Gasteiger partial charge in [-0.2, -0.15) is 0 Å². The van der Waals surface area contributed by atoms with E-state index in [1.165, 1.54) is 0 Å². The molecule has 1 N–H and O–H groups in total. The highest BCUT2D eigenvalue weighted by Crippen LogP contribution is 2.42. The molecule has 21 heavy (non-hydrogen) atoms. The first-order valence-corrected chi connectivity index (χ1v) is 8.23. The summed E-state index contributed by atoms with van der Waals surface area (Å²) in [7, 11) is 1.67. The quantitative estimate of drug-likeness (QED) is 0.835. The Morgan fingerprint density at radius 2 is 2.00 bits per heavy atom. The largest absolute Gasteiger partial charge is 0.385 e. The predicted molar refractivity (Wildman–Crippen MR) is 78.7 cm³/mol. The predicted octanol–water partition coefficient (Wildman–Crippen LogP) is 1.46. The monoisotopic (exact) mass is 294 g/mol. The summed E-state index contributed by atoms with van der Waals surface area (Å²) in [5, 5.41) is 3.09. The molecule has 3 rings (SSSR count). The first kappa shape index (κ1) is 14.8. The molecule has 5 nitrogen and oxygen atoms in total. The van der Waals surface area contributed by atoms with Crippen LogP contribution in [-0.4, -0.2) is 48.1 Å². The number of ether oxygens (including phenoxy) is 1. The lowest BCUT2D eigenvalue weighted by molar-refractivity contribution is -0.158. The standard InChI is InChI=1S/C16H26N2O3/c1-11(7-10-21-2)18-13(12-5-6-12)14(19)17-16(15(18)20)8-3-4-9-16/h11-13H,3-10H2,1-2H3,(H,17,19). The Labute approximate surface area is 126 Å². The molecule has 0 aromatic heterocycles. The minimum atomic E-state index is -0.607. The maximum absolute atomic E-state index is 13.1. The van der Waals surface area contributed by atoms with Gasteiger partial charge in [-0.3, -0.25) is 9.59 Å². The molecule has 2 unspecified atom stereocenters. The van der Waals surface area contributed by atoms with Crippen molar-refractivity contribution in [2.45, 2.75) is 69.5 Å². The van der Waals surface area contributed by atoms with Crippen LogP contribution in [0.4, 0.5) is 0 Å². The number of carbonyl (C=O) groups excluding carboxylic acids is 2. The van der Waals surface area contributed by atoms with Gasteiger partial charge in [-0.25, -0.2) is 0 Å². The van der Waals surface area contributed by atoms with Crippen LogP contribution in [0.1, 0.15) is 51.9 Å². The number of methoxy groups -OCH3 is 1. The summed E-state index contributed by atoms with van der Waals surface area (Å²) in [6.07, 6.45) is 6.55. The smallest absolute Gasteiger partial charge is 0.249 e. The second kappa shape index (κ2) is 5.59. The Bertz CT molecular complexity index is 427. The Morgan fingerprint density at radius 3 is 2.57 bits per heavy atom. The molecule has 3 aliphatic rings. The van der Waals surface area contributed by atoms with E-state index in [2.05, 4.69) is 5.32 Å². The number of rotatable bonds is 5. The van der Waals surface area contributed by atoms with Crippen molar-refractivity contribution in [1.82, 2.24) is 10.2 Å². The van der Waals surface area contributed by atoms with Gasteiger partial charge < -0.3 is 15.0 Å². The number of hydrogen-bond donors (Lipinski definition) is 1. The molecule has 1 saturated heterocycles. The van der Waals surface area contributed by atoms with Gasteiger partial charge in [0.25, 0.3) is 0 Å². The van der Waals surface area contributed by atoms with Crippen LogP contribution in [0.5, 0.6) is 0 Å². The third-order valence-electron chi connectivity index (χ3n) is 5.31. The van der Waals surface area contributed by atoms with Crippen molar-refractivity contribution >= 4 is 11.8 Å². The van der Waals surface area contributed by atoms with E-state index in [1.54, 1.807) is 7.11 Å². The normalized spacial score (nSPS) is 29.8. The Balaban J connectivity index is 1.85. The lowest BCUT2D eigenvalue weighted by Crippen LogP contribution is -2.71. The maximum Gasteiger partial charge on any atom is 0.249 e. The number of nitrogens with one attached hydrogen (secondary N) is 1. The fourth-order valence-electron chi connectivity index (χ4n) is 3.94. The third-order valence-corrected chi connectivity index (χ3v) is 5.31. The molecule has 2 atom stereocenters. The van der Waals surface area contributed by atoms with Crippen molar-refractivity contribution in [1.29, 1.82) is 0 Å². The van der Waals surface area contributed by atoms with E-state index in [4.69, 9.17) is 4.74 Å². The molecule has 5 heteroatoms. The van der Waals surface area contributed by atoms with Gasteiger partial charge in [-0.15, -0.1) is 0 Å².